The first-order valence-electron chi connectivity index (χ1n) is 7.96. The first-order chi connectivity index (χ1) is 11.7. The van der Waals surface area contributed by atoms with Crippen molar-refractivity contribution in [3.8, 4) is 11.5 Å². The highest BCUT2D eigenvalue weighted by molar-refractivity contribution is 5.99. The molecule has 1 aromatic heterocycles. The number of pyridine rings is 1. The van der Waals surface area contributed by atoms with Crippen molar-refractivity contribution in [2.45, 2.75) is 0 Å². The second-order valence-electron chi connectivity index (χ2n) is 5.56. The van der Waals surface area contributed by atoms with Crippen molar-refractivity contribution in [1.82, 2.24) is 4.90 Å². The van der Waals surface area contributed by atoms with Crippen molar-refractivity contribution in [3.05, 3.63) is 48.2 Å². The Morgan fingerprint density at radius 3 is 2.17 bits per heavy atom. The Labute approximate surface area is 141 Å². The summed E-state index contributed by atoms with van der Waals surface area (Å²) in [7, 11) is 3.13. The number of carbonyl (C=O) groups excluding carboxylic acids is 1. The van der Waals surface area contributed by atoms with Crippen LogP contribution in [0.1, 0.15) is 10.4 Å². The van der Waals surface area contributed by atoms with Crippen LogP contribution in [0.2, 0.25) is 0 Å². The van der Waals surface area contributed by atoms with E-state index in [1.54, 1.807) is 26.4 Å². The van der Waals surface area contributed by atoms with Crippen molar-refractivity contribution < 1.29 is 19.3 Å². The molecule has 1 aliphatic heterocycles. The van der Waals surface area contributed by atoms with Crippen LogP contribution in [0.4, 0.5) is 5.82 Å². The maximum atomic E-state index is 12.9. The predicted octanol–water partition coefficient (Wildman–Crippen LogP) is 1.48. The van der Waals surface area contributed by atoms with Gasteiger partial charge in [0.25, 0.3) is 11.7 Å². The second kappa shape index (κ2) is 7.21. The lowest BCUT2D eigenvalue weighted by Crippen LogP contribution is -2.50. The molecule has 1 amide bonds. The van der Waals surface area contributed by atoms with Gasteiger partial charge in [-0.05, 0) is 18.2 Å². The number of nitrogens with one attached hydrogen (secondary N) is 1. The van der Waals surface area contributed by atoms with Crippen LogP contribution in [0.5, 0.6) is 11.5 Å². The number of aromatic nitrogens is 1. The molecule has 6 heteroatoms. The summed E-state index contributed by atoms with van der Waals surface area (Å²) >= 11 is 0. The van der Waals surface area contributed by atoms with Crippen LogP contribution < -0.4 is 19.4 Å². The van der Waals surface area contributed by atoms with Gasteiger partial charge in [0.1, 0.15) is 30.2 Å². The summed E-state index contributed by atoms with van der Waals surface area (Å²) in [6, 6.07) is 11.4. The lowest BCUT2D eigenvalue weighted by molar-refractivity contribution is -0.364. The standard InChI is InChI=1S/C18H21N3O3/c1-23-14-6-5-7-15(24-2)17(14)18(22)21-12-10-20(11-13-21)16-8-3-4-9-19-16/h3-9H,10-13H2,1-2H3/p+1. The molecule has 1 aromatic carbocycles. The van der Waals surface area contributed by atoms with Gasteiger partial charge in [-0.25, -0.2) is 4.98 Å². The van der Waals surface area contributed by atoms with E-state index in [9.17, 15) is 4.79 Å². The lowest BCUT2D eigenvalue weighted by Gasteiger charge is -2.31. The van der Waals surface area contributed by atoms with Crippen molar-refractivity contribution in [3.63, 3.8) is 0 Å². The molecule has 1 N–H and O–H groups in total. The van der Waals surface area contributed by atoms with Crippen molar-refractivity contribution in [2.24, 2.45) is 0 Å². The normalized spacial score (nSPS) is 14.4. The number of hydrogen-bond acceptors (Lipinski definition) is 4. The van der Waals surface area contributed by atoms with Gasteiger partial charge in [0.05, 0.1) is 33.5 Å². The molecule has 0 saturated carbocycles. The highest BCUT2D eigenvalue weighted by Gasteiger charge is 2.29. The number of rotatable bonds is 4. The summed E-state index contributed by atoms with van der Waals surface area (Å²) in [6.45, 7) is 2.87. The number of hydrogen-bond donors (Lipinski definition) is 0. The fourth-order valence-corrected chi connectivity index (χ4v) is 2.95. The predicted molar refractivity (Wildman–Crippen MR) is 90.7 cm³/mol. The Balaban J connectivity index is 1.74. The average molecular weight is 328 g/mol. The summed E-state index contributed by atoms with van der Waals surface area (Å²) in [4.78, 5) is 20.3. The minimum absolute atomic E-state index is 0.0546. The van der Waals surface area contributed by atoms with Gasteiger partial charge in [-0.3, -0.25) is 9.69 Å². The molecule has 1 aliphatic rings. The van der Waals surface area contributed by atoms with Crippen LogP contribution in [0, 0.1) is 0 Å². The van der Waals surface area contributed by atoms with Gasteiger partial charge in [0.15, 0.2) is 0 Å². The van der Waals surface area contributed by atoms with E-state index >= 15 is 0 Å². The van der Waals surface area contributed by atoms with E-state index in [0.717, 1.165) is 18.9 Å². The molecule has 2 heterocycles. The number of methoxy groups -OCH3 is 2. The molecule has 6 nitrogen and oxygen atoms in total. The molecule has 3 rings (SSSR count). The molecular formula is C18H22N3O3+. The molecule has 24 heavy (non-hydrogen) atoms. The number of anilines is 1. The molecular weight excluding hydrogens is 306 g/mol. The van der Waals surface area contributed by atoms with E-state index in [1.165, 1.54) is 0 Å². The van der Waals surface area contributed by atoms with E-state index in [1.807, 2.05) is 35.4 Å². The Bertz CT molecular complexity index is 676. The van der Waals surface area contributed by atoms with Gasteiger partial charge < -0.3 is 14.4 Å². The first kappa shape index (κ1) is 16.1. The number of H-pyrrole nitrogens is 1. The number of amides is 1. The van der Waals surface area contributed by atoms with Crippen LogP contribution in [0.3, 0.4) is 0 Å². The van der Waals surface area contributed by atoms with Gasteiger partial charge in [-0.1, -0.05) is 12.1 Å². The molecule has 2 aromatic rings. The molecule has 1 saturated heterocycles. The average Bonchev–Trinajstić information content (AvgIpc) is 2.67. The van der Waals surface area contributed by atoms with Crippen molar-refractivity contribution in [1.29, 1.82) is 0 Å². The quantitative estimate of drug-likeness (QED) is 0.853. The lowest BCUT2D eigenvalue weighted by atomic mass is 10.1. The number of aromatic amines is 1. The molecule has 0 aliphatic carbocycles. The smallest absolute Gasteiger partial charge is 0.274 e. The zero-order chi connectivity index (χ0) is 16.9. The van der Waals surface area contributed by atoms with Crippen LogP contribution in [-0.4, -0.2) is 51.2 Å². The topological polar surface area (TPSA) is 56.2 Å². The third kappa shape index (κ3) is 3.13. The highest BCUT2D eigenvalue weighted by atomic mass is 16.5. The van der Waals surface area contributed by atoms with Crippen LogP contribution >= 0.6 is 0 Å². The van der Waals surface area contributed by atoms with Crippen molar-refractivity contribution in [2.75, 3.05) is 45.3 Å². The van der Waals surface area contributed by atoms with E-state index in [0.29, 0.717) is 30.2 Å². The molecule has 0 spiro atoms. The molecule has 0 bridgehead atoms. The van der Waals surface area contributed by atoms with Gasteiger partial charge in [0, 0.05) is 6.07 Å². The summed E-state index contributed by atoms with van der Waals surface area (Å²) in [5.74, 6) is 2.09. The van der Waals surface area contributed by atoms with E-state index in [-0.39, 0.29) is 5.91 Å². The summed E-state index contributed by atoms with van der Waals surface area (Å²) in [5.41, 5.74) is 0.488. The first-order valence-corrected chi connectivity index (χ1v) is 7.96. The van der Waals surface area contributed by atoms with Gasteiger partial charge in [-0.2, -0.15) is 0 Å². The fourth-order valence-electron chi connectivity index (χ4n) is 2.95. The monoisotopic (exact) mass is 328 g/mol. The minimum atomic E-state index is -0.0546. The van der Waals surface area contributed by atoms with E-state index < -0.39 is 0 Å². The zero-order valence-corrected chi connectivity index (χ0v) is 14.0. The molecule has 1 fully saturated rings. The van der Waals surface area contributed by atoms with Gasteiger partial charge in [0.2, 0.25) is 0 Å². The van der Waals surface area contributed by atoms with Gasteiger partial charge in [-0.15, -0.1) is 0 Å². The summed E-state index contributed by atoms with van der Waals surface area (Å²) in [6.07, 6.45) is 1.91. The SMILES string of the molecule is COc1cccc(OC)c1C(=O)N1CCN(c2cccc[nH+]2)CC1. The van der Waals surface area contributed by atoms with E-state index in [4.69, 9.17) is 9.47 Å². The van der Waals surface area contributed by atoms with E-state index in [2.05, 4.69) is 9.88 Å². The number of carbonyl (C=O) groups is 1. The van der Waals surface area contributed by atoms with Gasteiger partial charge >= 0.3 is 0 Å². The largest absolute Gasteiger partial charge is 0.496 e. The summed E-state index contributed by atoms with van der Waals surface area (Å²) < 4.78 is 10.7. The number of ether oxygens (including phenoxy) is 2. The third-order valence-electron chi connectivity index (χ3n) is 4.24. The Hall–Kier alpha value is -2.76. The summed E-state index contributed by atoms with van der Waals surface area (Å²) in [5, 5.41) is 0. The van der Waals surface area contributed by atoms with Crippen molar-refractivity contribution >= 4 is 11.7 Å². The maximum absolute atomic E-state index is 12.9. The molecule has 0 radical (unpaired) electrons. The Morgan fingerprint density at radius 2 is 1.62 bits per heavy atom. The van der Waals surface area contributed by atoms with Crippen LogP contribution in [0.25, 0.3) is 0 Å². The second-order valence-corrected chi connectivity index (χ2v) is 5.56. The maximum Gasteiger partial charge on any atom is 0.274 e. The fraction of sp³-hybridized carbons (Fsp3) is 0.333. The highest BCUT2D eigenvalue weighted by Crippen LogP contribution is 2.30. The number of benzene rings is 1. The van der Waals surface area contributed by atoms with Crippen LogP contribution in [-0.2, 0) is 0 Å². The molecule has 126 valence electrons. The third-order valence-corrected chi connectivity index (χ3v) is 4.24. The minimum Gasteiger partial charge on any atom is -0.496 e. The number of piperazine rings is 1. The number of nitrogens with zero attached hydrogens (tertiary/aromatic N) is 2. The Morgan fingerprint density at radius 1 is 0.958 bits per heavy atom. The van der Waals surface area contributed by atoms with Crippen LogP contribution in [0.15, 0.2) is 42.6 Å². The molecule has 0 atom stereocenters. The molecule has 0 unspecified atom stereocenters. The zero-order valence-electron chi connectivity index (χ0n) is 14.0. The Kier molecular flexibility index (Phi) is 4.84.